The van der Waals surface area contributed by atoms with Gasteiger partial charge in [0.05, 0.1) is 5.39 Å². The van der Waals surface area contributed by atoms with Gasteiger partial charge in [0.2, 0.25) is 0 Å². The molecule has 4 rings (SSSR count). The van der Waals surface area contributed by atoms with Gasteiger partial charge in [0.15, 0.2) is 5.82 Å². The van der Waals surface area contributed by atoms with Crippen molar-refractivity contribution in [2.24, 2.45) is 0 Å². The maximum absolute atomic E-state index is 12.1. The largest absolute Gasteiger partial charge is 0.273 e. The van der Waals surface area contributed by atoms with Crippen molar-refractivity contribution in [3.8, 4) is 0 Å². The zero-order valence-corrected chi connectivity index (χ0v) is 12.7. The van der Waals surface area contributed by atoms with E-state index in [9.17, 15) is 9.59 Å². The molecule has 0 aromatic carbocycles. The van der Waals surface area contributed by atoms with Crippen molar-refractivity contribution in [1.82, 2.24) is 15.0 Å². The summed E-state index contributed by atoms with van der Waals surface area (Å²) in [5, 5.41) is 7.95. The number of imide groups is 1. The first-order chi connectivity index (χ1) is 10.8. The van der Waals surface area contributed by atoms with Crippen LogP contribution in [0.15, 0.2) is 47.4 Å². The van der Waals surface area contributed by atoms with Gasteiger partial charge in [0, 0.05) is 12.2 Å². The fraction of sp³-hybridized carbons (Fsp3) is 0. The summed E-state index contributed by atoms with van der Waals surface area (Å²) < 4.78 is 0. The van der Waals surface area contributed by atoms with Crippen LogP contribution in [0.3, 0.4) is 0 Å². The summed E-state index contributed by atoms with van der Waals surface area (Å²) in [6, 6.07) is 5.58. The smallest absolute Gasteiger partial charge is 0.267 e. The van der Waals surface area contributed by atoms with Crippen molar-refractivity contribution in [1.29, 1.82) is 0 Å². The van der Waals surface area contributed by atoms with E-state index in [0.717, 1.165) is 20.2 Å². The predicted octanol–water partition coefficient (Wildman–Crippen LogP) is 2.73. The van der Waals surface area contributed by atoms with Gasteiger partial charge in [0.25, 0.3) is 11.8 Å². The first-order valence-electron chi connectivity index (χ1n) is 6.33. The van der Waals surface area contributed by atoms with Gasteiger partial charge in [-0.1, -0.05) is 0 Å². The summed E-state index contributed by atoms with van der Waals surface area (Å²) in [4.78, 5) is 33.5. The van der Waals surface area contributed by atoms with Crippen LogP contribution >= 0.6 is 22.7 Å². The number of hydrogen-bond donors (Lipinski definition) is 0. The monoisotopic (exact) mass is 328 g/mol. The fourth-order valence-corrected chi connectivity index (χ4v) is 3.67. The molecule has 0 spiro atoms. The average molecular weight is 328 g/mol. The Morgan fingerprint density at radius 3 is 2.55 bits per heavy atom. The van der Waals surface area contributed by atoms with Crippen LogP contribution in [-0.2, 0) is 9.59 Å². The molecule has 1 aliphatic heterocycles. The molecule has 1 aliphatic rings. The van der Waals surface area contributed by atoms with Crippen LogP contribution in [0.2, 0.25) is 0 Å². The third kappa shape index (κ3) is 1.92. The molecule has 0 bridgehead atoms. The zero-order chi connectivity index (χ0) is 15.1. The van der Waals surface area contributed by atoms with E-state index in [0.29, 0.717) is 5.82 Å². The average Bonchev–Trinajstić information content (AvgIpc) is 3.24. The minimum atomic E-state index is -0.389. The number of carbonyl (C=O) groups excluding carboxylic acids is 2. The van der Waals surface area contributed by atoms with Gasteiger partial charge in [-0.05, 0) is 29.0 Å². The van der Waals surface area contributed by atoms with Gasteiger partial charge in [-0.3, -0.25) is 9.59 Å². The minimum absolute atomic E-state index is 0.389. The maximum Gasteiger partial charge on any atom is 0.273 e. The number of aromatic nitrogens is 2. The van der Waals surface area contributed by atoms with Gasteiger partial charge in [-0.15, -0.1) is 22.7 Å². The molecule has 6 nitrogen and oxygen atoms in total. The van der Waals surface area contributed by atoms with Crippen LogP contribution in [-0.4, -0.2) is 26.8 Å². The lowest BCUT2D eigenvalue weighted by molar-refractivity contribution is -0.136. The van der Waals surface area contributed by atoms with Crippen LogP contribution in [0.1, 0.15) is 0 Å². The van der Waals surface area contributed by atoms with Crippen LogP contribution in [0.5, 0.6) is 0 Å². The van der Waals surface area contributed by atoms with Gasteiger partial charge in [0.1, 0.15) is 16.2 Å². The molecule has 0 saturated carbocycles. The number of amides is 2. The van der Waals surface area contributed by atoms with E-state index in [2.05, 4.69) is 9.97 Å². The highest BCUT2D eigenvalue weighted by molar-refractivity contribution is 7.16. The second kappa shape index (κ2) is 5.00. The number of hydrazine groups is 1. The van der Waals surface area contributed by atoms with Crippen LogP contribution in [0.25, 0.3) is 10.2 Å². The highest BCUT2D eigenvalue weighted by Crippen LogP contribution is 2.36. The normalized spacial score (nSPS) is 14.3. The molecule has 0 N–H and O–H groups in total. The molecular formula is C14H8N4O2S2. The molecule has 3 aromatic rings. The number of nitrogens with zero attached hydrogens (tertiary/aromatic N) is 4. The summed E-state index contributed by atoms with van der Waals surface area (Å²) >= 11 is 2.90. The lowest BCUT2D eigenvalue weighted by Crippen LogP contribution is -2.43. The van der Waals surface area contributed by atoms with E-state index in [1.54, 1.807) is 5.01 Å². The molecule has 0 radical (unpaired) electrons. The highest BCUT2D eigenvalue weighted by atomic mass is 32.1. The Morgan fingerprint density at radius 1 is 1.00 bits per heavy atom. The summed E-state index contributed by atoms with van der Waals surface area (Å²) in [6.07, 6.45) is 3.96. The van der Waals surface area contributed by atoms with Gasteiger partial charge in [-0.2, -0.15) is 5.01 Å². The van der Waals surface area contributed by atoms with Crippen LogP contribution < -0.4 is 5.01 Å². The van der Waals surface area contributed by atoms with Gasteiger partial charge >= 0.3 is 0 Å². The molecule has 0 fully saturated rings. The number of carbonyl (C=O) groups is 2. The first-order valence-corrected chi connectivity index (χ1v) is 8.09. The molecule has 22 heavy (non-hydrogen) atoms. The number of thiophene rings is 2. The molecular weight excluding hydrogens is 320 g/mol. The van der Waals surface area contributed by atoms with Gasteiger partial charge < -0.3 is 0 Å². The summed E-state index contributed by atoms with van der Waals surface area (Å²) in [7, 11) is 0. The maximum atomic E-state index is 12.1. The lowest BCUT2D eigenvalue weighted by atomic mass is 10.3. The second-order valence-corrected chi connectivity index (χ2v) is 6.24. The number of fused-ring (bicyclic) bond motifs is 1. The molecule has 0 unspecified atom stereocenters. The van der Waals surface area contributed by atoms with E-state index in [1.807, 2.05) is 29.0 Å². The van der Waals surface area contributed by atoms with Crippen LogP contribution in [0, 0.1) is 0 Å². The number of rotatable bonds is 3. The van der Waals surface area contributed by atoms with Crippen LogP contribution in [0.4, 0.5) is 10.8 Å². The van der Waals surface area contributed by atoms with Crippen molar-refractivity contribution in [2.45, 2.75) is 0 Å². The third-order valence-corrected chi connectivity index (χ3v) is 4.81. The molecule has 3 aromatic heterocycles. The minimum Gasteiger partial charge on any atom is -0.267 e. The molecule has 4 heterocycles. The predicted molar refractivity (Wildman–Crippen MR) is 84.9 cm³/mol. The van der Waals surface area contributed by atoms with Crippen molar-refractivity contribution < 1.29 is 9.59 Å². The highest BCUT2D eigenvalue weighted by Gasteiger charge is 2.33. The SMILES string of the molecule is O=C1C=CC(=O)N1N(c1cccs1)c1ncnc2sccc12. The first kappa shape index (κ1) is 13.1. The van der Waals surface area contributed by atoms with E-state index in [4.69, 9.17) is 0 Å². The fourth-order valence-electron chi connectivity index (χ4n) is 2.22. The standard InChI is InChI=1S/C14H8N4O2S2/c19-10-3-4-11(20)17(10)18(12-2-1-6-21-12)13-9-5-7-22-14(9)16-8-15-13/h1-8H. The van der Waals surface area contributed by atoms with E-state index in [1.165, 1.54) is 41.2 Å². The Bertz CT molecular complexity index is 883. The molecule has 108 valence electrons. The topological polar surface area (TPSA) is 66.4 Å². The Kier molecular flexibility index (Phi) is 2.98. The van der Waals surface area contributed by atoms with E-state index >= 15 is 0 Å². The third-order valence-electron chi connectivity index (χ3n) is 3.14. The van der Waals surface area contributed by atoms with Crippen molar-refractivity contribution in [3.05, 3.63) is 47.4 Å². The summed E-state index contributed by atoms with van der Waals surface area (Å²) in [5.41, 5.74) is 0. The number of hydrogen-bond acceptors (Lipinski definition) is 7. The van der Waals surface area contributed by atoms with Crippen molar-refractivity contribution >= 4 is 55.5 Å². The lowest BCUT2D eigenvalue weighted by Gasteiger charge is -2.29. The number of anilines is 2. The Labute approximate surface area is 132 Å². The molecule has 8 heteroatoms. The van der Waals surface area contributed by atoms with E-state index in [-0.39, 0.29) is 11.8 Å². The molecule has 0 saturated heterocycles. The summed E-state index contributed by atoms with van der Waals surface area (Å²) in [6.45, 7) is 0. The second-order valence-electron chi connectivity index (χ2n) is 4.42. The molecule has 2 amide bonds. The Balaban J connectivity index is 1.94. The van der Waals surface area contributed by atoms with Crippen molar-refractivity contribution in [2.75, 3.05) is 5.01 Å². The quantitative estimate of drug-likeness (QED) is 0.692. The van der Waals surface area contributed by atoms with E-state index < -0.39 is 0 Å². The Hall–Kier alpha value is -2.58. The molecule has 0 atom stereocenters. The zero-order valence-electron chi connectivity index (χ0n) is 11.0. The van der Waals surface area contributed by atoms with Crippen molar-refractivity contribution in [3.63, 3.8) is 0 Å². The molecule has 0 aliphatic carbocycles. The summed E-state index contributed by atoms with van der Waals surface area (Å²) in [5.74, 6) is -0.264. The van der Waals surface area contributed by atoms with Gasteiger partial charge in [-0.25, -0.2) is 15.0 Å². The Morgan fingerprint density at radius 2 is 1.82 bits per heavy atom.